The van der Waals surface area contributed by atoms with Crippen molar-refractivity contribution in [2.45, 2.75) is 58.8 Å². The van der Waals surface area contributed by atoms with Crippen LogP contribution in [0.4, 0.5) is 10.6 Å². The molecule has 2 unspecified atom stereocenters. The number of fused-ring (bicyclic) bond motifs is 1. The zero-order valence-electron chi connectivity index (χ0n) is 25.9. The Kier molecular flexibility index (Phi) is 7.82. The van der Waals surface area contributed by atoms with E-state index < -0.39 is 5.60 Å². The van der Waals surface area contributed by atoms with Crippen LogP contribution < -0.4 is 5.73 Å². The minimum Gasteiger partial charge on any atom is -0.444 e. The van der Waals surface area contributed by atoms with Crippen molar-refractivity contribution in [1.82, 2.24) is 29.3 Å². The first-order valence-electron chi connectivity index (χ1n) is 15.1. The van der Waals surface area contributed by atoms with Gasteiger partial charge in [-0.25, -0.2) is 19.7 Å². The molecule has 2 N–H and O–H groups in total. The quantitative estimate of drug-likeness (QED) is 0.248. The topological polar surface area (TPSA) is 102 Å². The van der Waals surface area contributed by atoms with E-state index >= 15 is 0 Å². The highest BCUT2D eigenvalue weighted by molar-refractivity contribution is 5.84. The van der Waals surface area contributed by atoms with E-state index in [-0.39, 0.29) is 18.2 Å². The molecule has 0 bridgehead atoms. The van der Waals surface area contributed by atoms with E-state index in [9.17, 15) is 4.79 Å². The van der Waals surface area contributed by atoms with Crippen LogP contribution in [0.15, 0.2) is 85.1 Å². The van der Waals surface area contributed by atoms with Crippen molar-refractivity contribution in [3.63, 3.8) is 0 Å². The van der Waals surface area contributed by atoms with Crippen LogP contribution in [0.5, 0.6) is 0 Å². The van der Waals surface area contributed by atoms with Crippen molar-refractivity contribution < 1.29 is 9.53 Å². The summed E-state index contributed by atoms with van der Waals surface area (Å²) in [6.45, 7) is 12.2. The summed E-state index contributed by atoms with van der Waals surface area (Å²) in [5, 5.41) is 0. The Labute approximate surface area is 258 Å². The Hall–Kier alpha value is -4.76. The number of carbonyl (C=O) groups excluding carboxylic acids is 1. The van der Waals surface area contributed by atoms with Gasteiger partial charge in [-0.1, -0.05) is 42.5 Å². The first-order chi connectivity index (χ1) is 21.1. The third-order valence-electron chi connectivity index (χ3n) is 7.85. The Morgan fingerprint density at radius 3 is 2.27 bits per heavy atom. The van der Waals surface area contributed by atoms with Gasteiger partial charge in [-0.05, 0) is 76.6 Å². The summed E-state index contributed by atoms with van der Waals surface area (Å²) in [5.41, 5.74) is 12.1. The SMILES string of the molecule is CC1CN(Cc2ccc(-n3c(-c4cccnc4N)nc4ccc(-c5ccccc5)nc43)cc2)CC(C)N1C(=O)OC(C)(C)C. The fraction of sp³-hybridized carbons (Fsp3) is 0.314. The Morgan fingerprint density at radius 1 is 0.909 bits per heavy atom. The first kappa shape index (κ1) is 29.3. The molecule has 44 heavy (non-hydrogen) atoms. The molecular weight excluding hydrogens is 550 g/mol. The smallest absolute Gasteiger partial charge is 0.410 e. The molecule has 1 amide bonds. The molecule has 5 aromatic rings. The van der Waals surface area contributed by atoms with E-state index in [0.29, 0.717) is 11.6 Å². The van der Waals surface area contributed by atoms with Gasteiger partial charge in [0.25, 0.3) is 0 Å². The monoisotopic (exact) mass is 589 g/mol. The number of nitrogens with zero attached hydrogens (tertiary/aromatic N) is 6. The molecule has 226 valence electrons. The third-order valence-corrected chi connectivity index (χ3v) is 7.85. The molecule has 2 atom stereocenters. The Balaban J connectivity index is 1.29. The van der Waals surface area contributed by atoms with Crippen molar-refractivity contribution in [1.29, 1.82) is 0 Å². The molecule has 1 saturated heterocycles. The van der Waals surface area contributed by atoms with E-state index in [0.717, 1.165) is 53.3 Å². The lowest BCUT2D eigenvalue weighted by Crippen LogP contribution is -2.59. The van der Waals surface area contributed by atoms with Crippen molar-refractivity contribution in [3.8, 4) is 28.3 Å². The maximum Gasteiger partial charge on any atom is 0.410 e. The number of hydrogen-bond donors (Lipinski definition) is 1. The minimum absolute atomic E-state index is 0.0440. The van der Waals surface area contributed by atoms with Gasteiger partial charge < -0.3 is 15.4 Å². The maximum atomic E-state index is 12.9. The van der Waals surface area contributed by atoms with E-state index in [1.165, 1.54) is 5.56 Å². The zero-order valence-corrected chi connectivity index (χ0v) is 25.9. The molecule has 1 fully saturated rings. The maximum absolute atomic E-state index is 12.9. The van der Waals surface area contributed by atoms with Crippen molar-refractivity contribution in [2.24, 2.45) is 0 Å². The number of hydrogen-bond acceptors (Lipinski definition) is 7. The number of pyridine rings is 2. The van der Waals surface area contributed by atoms with E-state index in [1.54, 1.807) is 6.20 Å². The molecule has 0 saturated carbocycles. The number of nitrogen functional groups attached to an aromatic ring is 1. The number of anilines is 1. The van der Waals surface area contributed by atoms with Gasteiger partial charge in [-0.15, -0.1) is 0 Å². The third kappa shape index (κ3) is 6.01. The minimum atomic E-state index is -0.517. The predicted molar refractivity (Wildman–Crippen MR) is 174 cm³/mol. The molecule has 6 rings (SSSR count). The summed E-state index contributed by atoms with van der Waals surface area (Å²) in [6.07, 6.45) is 1.43. The van der Waals surface area contributed by atoms with Crippen molar-refractivity contribution in [3.05, 3.63) is 90.6 Å². The van der Waals surface area contributed by atoms with Crippen LogP contribution in [0.1, 0.15) is 40.2 Å². The molecule has 1 aliphatic heterocycles. The largest absolute Gasteiger partial charge is 0.444 e. The van der Waals surface area contributed by atoms with E-state index in [1.807, 2.05) is 68.1 Å². The number of nitrogens with two attached hydrogens (primary N) is 1. The lowest BCUT2D eigenvalue weighted by molar-refractivity contribution is -0.0162. The number of carbonyl (C=O) groups is 1. The lowest BCUT2D eigenvalue weighted by Gasteiger charge is -2.44. The van der Waals surface area contributed by atoms with Crippen LogP contribution in [0.25, 0.3) is 39.5 Å². The average Bonchev–Trinajstić information content (AvgIpc) is 3.35. The van der Waals surface area contributed by atoms with Gasteiger partial charge in [0.1, 0.15) is 16.9 Å². The van der Waals surface area contributed by atoms with Gasteiger partial charge in [0.2, 0.25) is 0 Å². The standard InChI is InChI=1S/C35H39N7O2/c1-23-20-40(21-24(2)41(23)34(43)44-35(3,4)5)22-25-13-15-27(16-14-25)42-32(28-12-9-19-37-31(28)36)39-30-18-17-29(38-33(30)42)26-10-7-6-8-11-26/h6-19,23-24H,20-22H2,1-5H3,(H2,36,37). The molecule has 1 aliphatic rings. The summed E-state index contributed by atoms with van der Waals surface area (Å²) >= 11 is 0. The molecule has 0 aliphatic carbocycles. The second kappa shape index (κ2) is 11.7. The van der Waals surface area contributed by atoms with Gasteiger partial charge in [-0.2, -0.15) is 0 Å². The highest BCUT2D eigenvalue weighted by Crippen LogP contribution is 2.32. The van der Waals surface area contributed by atoms with Crippen LogP contribution in [-0.4, -0.2) is 66.2 Å². The lowest BCUT2D eigenvalue weighted by atomic mass is 10.1. The van der Waals surface area contributed by atoms with E-state index in [4.69, 9.17) is 20.4 Å². The van der Waals surface area contributed by atoms with E-state index in [2.05, 4.69) is 64.7 Å². The van der Waals surface area contributed by atoms with Crippen LogP contribution in [0, 0.1) is 0 Å². The molecule has 0 radical (unpaired) electrons. The molecule has 3 aromatic heterocycles. The molecule has 2 aromatic carbocycles. The highest BCUT2D eigenvalue weighted by atomic mass is 16.6. The van der Waals surface area contributed by atoms with Gasteiger partial charge in [0.15, 0.2) is 11.5 Å². The Bertz CT molecular complexity index is 1770. The summed E-state index contributed by atoms with van der Waals surface area (Å²) in [7, 11) is 0. The van der Waals surface area contributed by atoms with Crippen LogP contribution >= 0.6 is 0 Å². The zero-order chi connectivity index (χ0) is 31.0. The fourth-order valence-corrected chi connectivity index (χ4v) is 6.00. The number of rotatable bonds is 5. The van der Waals surface area contributed by atoms with Gasteiger partial charge in [0.05, 0.1) is 11.3 Å². The molecule has 9 heteroatoms. The number of imidazole rings is 1. The second-order valence-electron chi connectivity index (χ2n) is 12.6. The van der Waals surface area contributed by atoms with Crippen LogP contribution in [0.3, 0.4) is 0 Å². The van der Waals surface area contributed by atoms with Crippen LogP contribution in [0.2, 0.25) is 0 Å². The number of amides is 1. The predicted octanol–water partition coefficient (Wildman–Crippen LogP) is 6.56. The highest BCUT2D eigenvalue weighted by Gasteiger charge is 2.35. The second-order valence-corrected chi connectivity index (χ2v) is 12.6. The van der Waals surface area contributed by atoms with Crippen molar-refractivity contribution >= 4 is 23.1 Å². The summed E-state index contributed by atoms with van der Waals surface area (Å²) in [5.74, 6) is 1.11. The molecular formula is C35H39N7O2. The van der Waals surface area contributed by atoms with Crippen molar-refractivity contribution in [2.75, 3.05) is 18.8 Å². The summed E-state index contributed by atoms with van der Waals surface area (Å²) in [6, 6.07) is 26.5. The number of ether oxygens (including phenoxy) is 1. The van der Waals surface area contributed by atoms with Gasteiger partial charge in [-0.3, -0.25) is 9.47 Å². The van der Waals surface area contributed by atoms with Gasteiger partial charge >= 0.3 is 6.09 Å². The number of piperazine rings is 1. The normalized spacial score (nSPS) is 17.6. The summed E-state index contributed by atoms with van der Waals surface area (Å²) < 4.78 is 7.73. The number of benzene rings is 2. The fourth-order valence-electron chi connectivity index (χ4n) is 6.00. The average molecular weight is 590 g/mol. The number of aromatic nitrogens is 4. The molecule has 9 nitrogen and oxygen atoms in total. The first-order valence-corrected chi connectivity index (χ1v) is 15.1. The molecule has 0 spiro atoms. The van der Waals surface area contributed by atoms with Crippen LogP contribution in [-0.2, 0) is 11.3 Å². The molecule has 4 heterocycles. The van der Waals surface area contributed by atoms with Gasteiger partial charge in [0, 0.05) is 49.2 Å². The Morgan fingerprint density at radius 2 is 1.61 bits per heavy atom. The summed E-state index contributed by atoms with van der Waals surface area (Å²) in [4.78, 5) is 31.5.